The molecule has 0 saturated heterocycles. The Bertz CT molecular complexity index is 430. The number of nitrogens with two attached hydrogens (primary N) is 1. The summed E-state index contributed by atoms with van der Waals surface area (Å²) in [5.74, 6) is 0.108. The summed E-state index contributed by atoms with van der Waals surface area (Å²) in [5.41, 5.74) is 6.74. The lowest BCUT2D eigenvalue weighted by Gasteiger charge is -2.21. The molecule has 0 bridgehead atoms. The number of rotatable bonds is 8. The highest BCUT2D eigenvalue weighted by Crippen LogP contribution is 2.13. The monoisotopic (exact) mass is 294 g/mol. The molecule has 118 valence electrons. The molecule has 1 unspecified atom stereocenters. The average Bonchev–Trinajstić information content (AvgIpc) is 2.48. The van der Waals surface area contributed by atoms with Gasteiger partial charge in [0.25, 0.3) is 0 Å². The number of phenolic OH excluding ortho intramolecular Hbond substituents is 1. The molecule has 1 amide bonds. The zero-order chi connectivity index (χ0) is 15.8. The van der Waals surface area contributed by atoms with E-state index in [0.717, 1.165) is 18.4 Å². The predicted octanol–water partition coefficient (Wildman–Crippen LogP) is 1.18. The van der Waals surface area contributed by atoms with E-state index < -0.39 is 12.1 Å². The number of benzene rings is 1. The highest BCUT2D eigenvalue weighted by Gasteiger charge is 2.19. The number of hydrogen-bond donors (Lipinski definition) is 4. The van der Waals surface area contributed by atoms with Crippen LogP contribution in [0.5, 0.6) is 5.75 Å². The van der Waals surface area contributed by atoms with Crippen molar-refractivity contribution in [3.05, 3.63) is 29.8 Å². The van der Waals surface area contributed by atoms with Crippen molar-refractivity contribution in [3.8, 4) is 5.75 Å². The molecule has 0 saturated carbocycles. The van der Waals surface area contributed by atoms with Crippen LogP contribution in [0.2, 0.25) is 0 Å². The fraction of sp³-hybridized carbons (Fsp3) is 0.562. The molecule has 21 heavy (non-hydrogen) atoms. The molecule has 1 rings (SSSR count). The van der Waals surface area contributed by atoms with E-state index in [2.05, 4.69) is 5.32 Å². The number of phenols is 1. The second kappa shape index (κ2) is 8.64. The Hall–Kier alpha value is -1.59. The van der Waals surface area contributed by atoms with Crippen molar-refractivity contribution in [1.82, 2.24) is 5.32 Å². The van der Waals surface area contributed by atoms with Crippen molar-refractivity contribution in [3.63, 3.8) is 0 Å². The maximum absolute atomic E-state index is 11.9. The second-order valence-electron chi connectivity index (χ2n) is 5.37. The minimum Gasteiger partial charge on any atom is -0.508 e. The van der Waals surface area contributed by atoms with Crippen molar-refractivity contribution >= 4 is 5.91 Å². The van der Waals surface area contributed by atoms with E-state index in [1.54, 1.807) is 24.3 Å². The van der Waals surface area contributed by atoms with Crippen LogP contribution in [0.4, 0.5) is 0 Å². The van der Waals surface area contributed by atoms with Crippen LogP contribution in [0.3, 0.4) is 0 Å². The van der Waals surface area contributed by atoms with E-state index in [9.17, 15) is 15.0 Å². The number of carbonyl (C=O) groups is 1. The van der Waals surface area contributed by atoms with Crippen LogP contribution in [-0.2, 0) is 11.2 Å². The minimum atomic E-state index is -0.663. The first-order chi connectivity index (χ1) is 9.97. The summed E-state index contributed by atoms with van der Waals surface area (Å²) < 4.78 is 0. The van der Waals surface area contributed by atoms with Gasteiger partial charge in [-0.15, -0.1) is 0 Å². The Morgan fingerprint density at radius 2 is 1.81 bits per heavy atom. The van der Waals surface area contributed by atoms with Gasteiger partial charge in [0.1, 0.15) is 5.75 Å². The molecular formula is C16H26N2O3. The lowest BCUT2D eigenvalue weighted by Crippen LogP contribution is -2.45. The van der Waals surface area contributed by atoms with E-state index in [-0.39, 0.29) is 24.1 Å². The number of aliphatic hydroxyl groups is 1. The molecule has 0 aliphatic rings. The molecule has 5 nitrogen and oxygen atoms in total. The van der Waals surface area contributed by atoms with Gasteiger partial charge in [0.15, 0.2) is 0 Å². The number of carbonyl (C=O) groups excluding carboxylic acids is 1. The largest absolute Gasteiger partial charge is 0.508 e. The lowest BCUT2D eigenvalue weighted by atomic mass is 9.96. The molecular weight excluding hydrogens is 268 g/mol. The van der Waals surface area contributed by atoms with Crippen molar-refractivity contribution in [2.45, 2.75) is 45.3 Å². The van der Waals surface area contributed by atoms with Gasteiger partial charge in [-0.25, -0.2) is 0 Å². The molecule has 0 aliphatic carbocycles. The molecule has 5 N–H and O–H groups in total. The molecule has 0 aliphatic heterocycles. The molecule has 2 atom stereocenters. The van der Waals surface area contributed by atoms with Crippen molar-refractivity contribution in [2.24, 2.45) is 11.7 Å². The number of aliphatic hydroxyl groups excluding tert-OH is 1. The lowest BCUT2D eigenvalue weighted by molar-refractivity contribution is -0.123. The molecule has 1 aromatic carbocycles. The SMILES string of the molecule is CCC(CC)C(O)CNC(=O)[C@@H](N)Cc1ccc(O)cc1. The molecule has 5 heteroatoms. The first kappa shape index (κ1) is 17.5. The summed E-state index contributed by atoms with van der Waals surface area (Å²) in [6.07, 6.45) is 1.62. The van der Waals surface area contributed by atoms with Gasteiger partial charge in [0, 0.05) is 6.54 Å². The van der Waals surface area contributed by atoms with Crippen LogP contribution < -0.4 is 11.1 Å². The molecule has 0 spiro atoms. The highest BCUT2D eigenvalue weighted by molar-refractivity contribution is 5.81. The van der Waals surface area contributed by atoms with Crippen LogP contribution in [-0.4, -0.2) is 34.8 Å². The minimum absolute atomic E-state index is 0.185. The zero-order valence-electron chi connectivity index (χ0n) is 12.7. The third-order valence-electron chi connectivity index (χ3n) is 3.81. The van der Waals surface area contributed by atoms with Crippen LogP contribution >= 0.6 is 0 Å². The highest BCUT2D eigenvalue weighted by atomic mass is 16.3. The Kier molecular flexibility index (Phi) is 7.19. The summed E-state index contributed by atoms with van der Waals surface area (Å²) in [6.45, 7) is 4.28. The molecule has 1 aromatic rings. The maximum Gasteiger partial charge on any atom is 0.237 e. The van der Waals surface area contributed by atoms with Crippen molar-refractivity contribution in [1.29, 1.82) is 0 Å². The Morgan fingerprint density at radius 3 is 2.33 bits per heavy atom. The summed E-state index contributed by atoms with van der Waals surface area (Å²) in [4.78, 5) is 11.9. The molecule has 0 radical (unpaired) electrons. The van der Waals surface area contributed by atoms with E-state index in [4.69, 9.17) is 5.73 Å². The topological polar surface area (TPSA) is 95.6 Å². The summed E-state index contributed by atoms with van der Waals surface area (Å²) in [5, 5.41) is 21.9. The summed E-state index contributed by atoms with van der Waals surface area (Å²) in [7, 11) is 0. The van der Waals surface area contributed by atoms with Gasteiger partial charge in [0.2, 0.25) is 5.91 Å². The predicted molar refractivity (Wildman–Crippen MR) is 82.9 cm³/mol. The molecule has 0 fully saturated rings. The van der Waals surface area contributed by atoms with Gasteiger partial charge in [-0.2, -0.15) is 0 Å². The van der Waals surface area contributed by atoms with Gasteiger partial charge >= 0.3 is 0 Å². The first-order valence-corrected chi connectivity index (χ1v) is 7.47. The standard InChI is InChI=1S/C16H26N2O3/c1-3-12(4-2)15(20)10-18-16(21)14(17)9-11-5-7-13(19)8-6-11/h5-8,12,14-15,19-20H,3-4,9-10,17H2,1-2H3,(H,18,21)/t14-,15?/m0/s1. The van der Waals surface area contributed by atoms with Crippen LogP contribution in [0, 0.1) is 5.92 Å². The van der Waals surface area contributed by atoms with Gasteiger partial charge in [-0.3, -0.25) is 4.79 Å². The normalized spacial score (nSPS) is 14.0. The smallest absolute Gasteiger partial charge is 0.237 e. The fourth-order valence-electron chi connectivity index (χ4n) is 2.31. The van der Waals surface area contributed by atoms with Crippen LogP contribution in [0.15, 0.2) is 24.3 Å². The Morgan fingerprint density at radius 1 is 1.24 bits per heavy atom. The third kappa shape index (κ3) is 5.73. The Labute approximate surface area is 126 Å². The third-order valence-corrected chi connectivity index (χ3v) is 3.81. The fourth-order valence-corrected chi connectivity index (χ4v) is 2.31. The van der Waals surface area contributed by atoms with E-state index in [1.807, 2.05) is 13.8 Å². The van der Waals surface area contributed by atoms with Gasteiger partial charge in [-0.1, -0.05) is 38.8 Å². The van der Waals surface area contributed by atoms with Gasteiger partial charge in [-0.05, 0) is 30.0 Å². The van der Waals surface area contributed by atoms with Crippen LogP contribution in [0.25, 0.3) is 0 Å². The maximum atomic E-state index is 11.9. The number of hydrogen-bond acceptors (Lipinski definition) is 4. The summed E-state index contributed by atoms with van der Waals surface area (Å²) in [6, 6.07) is 5.94. The van der Waals surface area contributed by atoms with Crippen molar-refractivity contribution in [2.75, 3.05) is 6.54 Å². The zero-order valence-corrected chi connectivity index (χ0v) is 12.7. The quantitative estimate of drug-likeness (QED) is 0.579. The number of aromatic hydroxyl groups is 1. The van der Waals surface area contributed by atoms with Crippen LogP contribution in [0.1, 0.15) is 32.3 Å². The van der Waals surface area contributed by atoms with Gasteiger partial charge < -0.3 is 21.3 Å². The Balaban J connectivity index is 2.42. The second-order valence-corrected chi connectivity index (χ2v) is 5.37. The number of nitrogens with one attached hydrogen (secondary N) is 1. The van der Waals surface area contributed by atoms with E-state index in [1.165, 1.54) is 0 Å². The number of amides is 1. The molecule has 0 aromatic heterocycles. The van der Waals surface area contributed by atoms with E-state index in [0.29, 0.717) is 6.42 Å². The van der Waals surface area contributed by atoms with Crippen molar-refractivity contribution < 1.29 is 15.0 Å². The van der Waals surface area contributed by atoms with Gasteiger partial charge in [0.05, 0.1) is 12.1 Å². The van der Waals surface area contributed by atoms with E-state index >= 15 is 0 Å². The first-order valence-electron chi connectivity index (χ1n) is 7.47. The summed E-state index contributed by atoms with van der Waals surface area (Å²) >= 11 is 0. The molecule has 0 heterocycles. The average molecular weight is 294 g/mol.